The van der Waals surface area contributed by atoms with Crippen LogP contribution in [-0.4, -0.2) is 31.7 Å². The van der Waals surface area contributed by atoms with Gasteiger partial charge < -0.3 is 14.8 Å². The second-order valence-electron chi connectivity index (χ2n) is 4.44. The number of rotatable bonds is 6. The molecule has 0 spiro atoms. The first kappa shape index (κ1) is 12.8. The van der Waals surface area contributed by atoms with Gasteiger partial charge in [0.25, 0.3) is 0 Å². The summed E-state index contributed by atoms with van der Waals surface area (Å²) in [4.78, 5) is 15.9. The summed E-state index contributed by atoms with van der Waals surface area (Å²) < 4.78 is 9.81. The summed E-state index contributed by atoms with van der Waals surface area (Å²) in [5.74, 6) is 0.940. The van der Waals surface area contributed by atoms with Crippen molar-refractivity contribution >= 4 is 5.97 Å². The molecule has 0 radical (unpaired) electrons. The first-order chi connectivity index (χ1) is 8.74. The van der Waals surface area contributed by atoms with Crippen LogP contribution in [0.3, 0.4) is 0 Å². The van der Waals surface area contributed by atoms with Crippen LogP contribution in [0.15, 0.2) is 18.3 Å². The Balaban J connectivity index is 2.06. The van der Waals surface area contributed by atoms with Gasteiger partial charge in [0.1, 0.15) is 6.04 Å². The SMILES string of the molecule is COC(=O)C(NCC1CC1)c1ccc(OC)nc1. The minimum absolute atomic E-state index is 0.289. The van der Waals surface area contributed by atoms with Gasteiger partial charge in [-0.25, -0.2) is 9.78 Å². The number of hydrogen-bond donors (Lipinski definition) is 1. The molecule has 1 aliphatic carbocycles. The van der Waals surface area contributed by atoms with E-state index in [0.717, 1.165) is 12.1 Å². The normalized spacial score (nSPS) is 16.1. The van der Waals surface area contributed by atoms with E-state index in [0.29, 0.717) is 11.8 Å². The molecule has 1 aromatic rings. The predicted molar refractivity (Wildman–Crippen MR) is 66.3 cm³/mol. The predicted octanol–water partition coefficient (Wildman–Crippen LogP) is 1.30. The summed E-state index contributed by atoms with van der Waals surface area (Å²) in [6.07, 6.45) is 4.11. The number of carbonyl (C=O) groups is 1. The molecule has 1 heterocycles. The van der Waals surface area contributed by atoms with Crippen LogP contribution in [0.1, 0.15) is 24.4 Å². The summed E-state index contributed by atoms with van der Waals surface area (Å²) in [6.45, 7) is 0.839. The van der Waals surface area contributed by atoms with Crippen LogP contribution in [0, 0.1) is 5.92 Å². The molecule has 5 nitrogen and oxygen atoms in total. The standard InChI is InChI=1S/C13H18N2O3/c1-17-11-6-5-10(8-14-11)12(13(16)18-2)15-7-9-3-4-9/h5-6,8-9,12,15H,3-4,7H2,1-2H3. The van der Waals surface area contributed by atoms with E-state index in [1.807, 2.05) is 6.07 Å². The Morgan fingerprint density at radius 1 is 1.50 bits per heavy atom. The van der Waals surface area contributed by atoms with Gasteiger partial charge >= 0.3 is 5.97 Å². The molecular formula is C13H18N2O3. The molecule has 1 aliphatic rings. The molecule has 2 rings (SSSR count). The van der Waals surface area contributed by atoms with Crippen molar-refractivity contribution < 1.29 is 14.3 Å². The van der Waals surface area contributed by atoms with Crippen molar-refractivity contribution in [1.29, 1.82) is 0 Å². The number of carbonyl (C=O) groups excluding carboxylic acids is 1. The Labute approximate surface area is 107 Å². The van der Waals surface area contributed by atoms with E-state index in [-0.39, 0.29) is 5.97 Å². The maximum Gasteiger partial charge on any atom is 0.327 e. The van der Waals surface area contributed by atoms with Crippen LogP contribution in [0.25, 0.3) is 0 Å². The van der Waals surface area contributed by atoms with Gasteiger partial charge in [-0.05, 0) is 36.9 Å². The Kier molecular flexibility index (Phi) is 4.15. The average molecular weight is 250 g/mol. The lowest BCUT2D eigenvalue weighted by molar-refractivity contribution is -0.143. The summed E-state index contributed by atoms with van der Waals surface area (Å²) in [7, 11) is 2.95. The average Bonchev–Trinajstić information content (AvgIpc) is 3.23. The lowest BCUT2D eigenvalue weighted by Gasteiger charge is -2.16. The number of hydrogen-bond acceptors (Lipinski definition) is 5. The highest BCUT2D eigenvalue weighted by Crippen LogP contribution is 2.28. The van der Waals surface area contributed by atoms with Gasteiger partial charge in [0.15, 0.2) is 0 Å². The Morgan fingerprint density at radius 3 is 2.78 bits per heavy atom. The monoisotopic (exact) mass is 250 g/mol. The molecule has 1 atom stereocenters. The Morgan fingerprint density at radius 2 is 2.28 bits per heavy atom. The summed E-state index contributed by atoms with van der Waals surface area (Å²) in [5, 5.41) is 3.23. The Hall–Kier alpha value is -1.62. The fourth-order valence-corrected chi connectivity index (χ4v) is 1.74. The molecular weight excluding hydrogens is 232 g/mol. The molecule has 1 unspecified atom stereocenters. The minimum atomic E-state index is -0.450. The molecule has 0 saturated heterocycles. The van der Waals surface area contributed by atoms with Gasteiger partial charge in [-0.2, -0.15) is 0 Å². The molecule has 0 aliphatic heterocycles. The van der Waals surface area contributed by atoms with E-state index < -0.39 is 6.04 Å². The Bertz CT molecular complexity index is 401. The lowest BCUT2D eigenvalue weighted by Crippen LogP contribution is -2.31. The van der Waals surface area contributed by atoms with Crippen LogP contribution in [0.2, 0.25) is 0 Å². The number of ether oxygens (including phenoxy) is 2. The van der Waals surface area contributed by atoms with E-state index in [9.17, 15) is 4.79 Å². The van der Waals surface area contributed by atoms with Gasteiger partial charge in [0.2, 0.25) is 5.88 Å². The summed E-state index contributed by atoms with van der Waals surface area (Å²) in [5.41, 5.74) is 0.795. The fourth-order valence-electron chi connectivity index (χ4n) is 1.74. The van der Waals surface area contributed by atoms with E-state index in [4.69, 9.17) is 9.47 Å². The molecule has 1 N–H and O–H groups in total. The van der Waals surface area contributed by atoms with Crippen molar-refractivity contribution in [3.8, 4) is 5.88 Å². The third-order valence-corrected chi connectivity index (χ3v) is 3.05. The van der Waals surface area contributed by atoms with Crippen molar-refractivity contribution in [2.75, 3.05) is 20.8 Å². The summed E-state index contributed by atoms with van der Waals surface area (Å²) >= 11 is 0. The van der Waals surface area contributed by atoms with E-state index in [2.05, 4.69) is 10.3 Å². The van der Waals surface area contributed by atoms with Crippen molar-refractivity contribution in [2.24, 2.45) is 5.92 Å². The smallest absolute Gasteiger partial charge is 0.327 e. The van der Waals surface area contributed by atoms with Crippen LogP contribution in [-0.2, 0) is 9.53 Å². The zero-order valence-electron chi connectivity index (χ0n) is 10.7. The zero-order valence-corrected chi connectivity index (χ0v) is 10.7. The molecule has 1 saturated carbocycles. The van der Waals surface area contributed by atoms with Crippen molar-refractivity contribution in [3.63, 3.8) is 0 Å². The van der Waals surface area contributed by atoms with Gasteiger partial charge in [-0.1, -0.05) is 0 Å². The van der Waals surface area contributed by atoms with E-state index in [1.165, 1.54) is 20.0 Å². The van der Waals surface area contributed by atoms with E-state index in [1.54, 1.807) is 19.4 Å². The van der Waals surface area contributed by atoms with Gasteiger partial charge in [-0.15, -0.1) is 0 Å². The highest BCUT2D eigenvalue weighted by atomic mass is 16.5. The van der Waals surface area contributed by atoms with Crippen molar-refractivity contribution in [2.45, 2.75) is 18.9 Å². The second kappa shape index (κ2) is 5.82. The van der Waals surface area contributed by atoms with Crippen LogP contribution >= 0.6 is 0 Å². The number of nitrogens with one attached hydrogen (secondary N) is 1. The maximum absolute atomic E-state index is 11.8. The molecule has 18 heavy (non-hydrogen) atoms. The minimum Gasteiger partial charge on any atom is -0.481 e. The van der Waals surface area contributed by atoms with Crippen molar-refractivity contribution in [1.82, 2.24) is 10.3 Å². The molecule has 0 bridgehead atoms. The third kappa shape index (κ3) is 3.20. The number of aromatic nitrogens is 1. The summed E-state index contributed by atoms with van der Waals surface area (Å²) in [6, 6.07) is 3.12. The zero-order chi connectivity index (χ0) is 13.0. The lowest BCUT2D eigenvalue weighted by atomic mass is 10.1. The second-order valence-corrected chi connectivity index (χ2v) is 4.44. The fraction of sp³-hybridized carbons (Fsp3) is 0.538. The number of methoxy groups -OCH3 is 2. The number of pyridine rings is 1. The van der Waals surface area contributed by atoms with Crippen LogP contribution in [0.5, 0.6) is 5.88 Å². The van der Waals surface area contributed by atoms with Crippen molar-refractivity contribution in [3.05, 3.63) is 23.9 Å². The molecule has 5 heteroatoms. The largest absolute Gasteiger partial charge is 0.481 e. The van der Waals surface area contributed by atoms with Crippen LogP contribution in [0.4, 0.5) is 0 Å². The van der Waals surface area contributed by atoms with Gasteiger partial charge in [-0.3, -0.25) is 0 Å². The van der Waals surface area contributed by atoms with Crippen LogP contribution < -0.4 is 10.1 Å². The third-order valence-electron chi connectivity index (χ3n) is 3.05. The first-order valence-electron chi connectivity index (χ1n) is 6.05. The topological polar surface area (TPSA) is 60.5 Å². The molecule has 1 aromatic heterocycles. The quantitative estimate of drug-likeness (QED) is 0.771. The van der Waals surface area contributed by atoms with Gasteiger partial charge in [0.05, 0.1) is 14.2 Å². The highest BCUT2D eigenvalue weighted by Gasteiger charge is 2.26. The van der Waals surface area contributed by atoms with E-state index >= 15 is 0 Å². The molecule has 0 aromatic carbocycles. The number of nitrogens with zero attached hydrogens (tertiary/aromatic N) is 1. The maximum atomic E-state index is 11.8. The number of esters is 1. The highest BCUT2D eigenvalue weighted by molar-refractivity contribution is 5.77. The molecule has 98 valence electrons. The first-order valence-corrected chi connectivity index (χ1v) is 6.05. The van der Waals surface area contributed by atoms with Gasteiger partial charge in [0, 0.05) is 12.3 Å². The molecule has 0 amide bonds. The molecule has 1 fully saturated rings.